The van der Waals surface area contributed by atoms with E-state index in [1.807, 2.05) is 48.6 Å². The maximum atomic E-state index is 11.1. The van der Waals surface area contributed by atoms with Crippen LogP contribution in [0.3, 0.4) is 0 Å². The average molecular weight is 320 g/mol. The normalized spacial score (nSPS) is 8.55. The van der Waals surface area contributed by atoms with Crippen molar-refractivity contribution in [3.8, 4) is 0 Å². The second-order valence-electron chi connectivity index (χ2n) is 4.31. The van der Waals surface area contributed by atoms with Crippen molar-refractivity contribution in [1.29, 1.82) is 0 Å². The summed E-state index contributed by atoms with van der Waals surface area (Å²) >= 11 is 0. The highest BCUT2D eigenvalue weighted by atomic mass is 16.5. The van der Waals surface area contributed by atoms with E-state index in [1.165, 1.54) is 7.11 Å². The second-order valence-corrected chi connectivity index (χ2v) is 4.31. The highest BCUT2D eigenvalue weighted by molar-refractivity contribution is 5.86. The van der Waals surface area contributed by atoms with Gasteiger partial charge in [-0.15, -0.1) is 0 Å². The van der Waals surface area contributed by atoms with Gasteiger partial charge in [0.15, 0.2) is 6.54 Å². The first-order valence-corrected chi connectivity index (χ1v) is 7.29. The van der Waals surface area contributed by atoms with E-state index in [0.29, 0.717) is 16.6 Å². The van der Waals surface area contributed by atoms with Crippen LogP contribution in [0.2, 0.25) is 0 Å². The Morgan fingerprint density at radius 3 is 1.77 bits per heavy atom. The van der Waals surface area contributed by atoms with Gasteiger partial charge in [-0.3, -0.25) is 0 Å². The second kappa shape index (κ2) is 19.3. The summed E-state index contributed by atoms with van der Waals surface area (Å²) in [5.41, 5.74) is 0.373. The molecule has 0 radical (unpaired) electrons. The zero-order valence-corrected chi connectivity index (χ0v) is 15.5. The number of nitrogens with zero attached hydrogens (tertiary/aromatic N) is 1. The molecule has 0 amide bonds. The van der Waals surface area contributed by atoms with E-state index in [-0.39, 0.29) is 19.1 Å². The topological polar surface area (TPSA) is 69.7 Å². The standard InChI is InChI=1S/C11H20NO4.2C2H6.CH2O/c1-9(2)11(14)16-7-6-12(3,4)8-10(13)15-5;3*1-2/h1,6-8H2,2-5H3;2*1-2H3;1H2/q+1;;;. The molecule has 0 N–H and O–H groups in total. The largest absolute Gasteiger partial charge is 0.465 e. The minimum Gasteiger partial charge on any atom is -0.465 e. The van der Waals surface area contributed by atoms with Crippen LogP contribution >= 0.6 is 0 Å². The molecule has 132 valence electrons. The van der Waals surface area contributed by atoms with Gasteiger partial charge in [0.1, 0.15) is 19.9 Å². The van der Waals surface area contributed by atoms with Gasteiger partial charge in [0.05, 0.1) is 21.2 Å². The number of hydrogen-bond acceptors (Lipinski definition) is 5. The molecule has 0 bridgehead atoms. The molecule has 0 heterocycles. The summed E-state index contributed by atoms with van der Waals surface area (Å²) < 4.78 is 9.94. The van der Waals surface area contributed by atoms with Crippen LogP contribution < -0.4 is 0 Å². The highest BCUT2D eigenvalue weighted by Crippen LogP contribution is 1.99. The molecule has 6 heteroatoms. The van der Waals surface area contributed by atoms with Crippen LogP contribution in [0, 0.1) is 0 Å². The predicted octanol–water partition coefficient (Wildman–Crippen LogP) is 2.22. The lowest BCUT2D eigenvalue weighted by Crippen LogP contribution is -2.46. The van der Waals surface area contributed by atoms with Gasteiger partial charge in [-0.1, -0.05) is 34.3 Å². The van der Waals surface area contributed by atoms with Crippen LogP contribution in [-0.4, -0.2) is 64.1 Å². The van der Waals surface area contributed by atoms with E-state index >= 15 is 0 Å². The third kappa shape index (κ3) is 20.6. The monoisotopic (exact) mass is 320 g/mol. The summed E-state index contributed by atoms with van der Waals surface area (Å²) in [5, 5.41) is 0. The Bertz CT molecular complexity index is 301. The van der Waals surface area contributed by atoms with Crippen LogP contribution in [0.1, 0.15) is 34.6 Å². The lowest BCUT2D eigenvalue weighted by atomic mass is 10.4. The Balaban J connectivity index is -0.000000238. The summed E-state index contributed by atoms with van der Waals surface area (Å²) in [6.45, 7) is 16.1. The Morgan fingerprint density at radius 1 is 1.05 bits per heavy atom. The molecule has 0 unspecified atom stereocenters. The van der Waals surface area contributed by atoms with Gasteiger partial charge in [-0.2, -0.15) is 0 Å². The number of hydrogen-bond donors (Lipinski definition) is 0. The maximum absolute atomic E-state index is 11.1. The molecule has 0 aromatic heterocycles. The molecule has 0 atom stereocenters. The van der Waals surface area contributed by atoms with Crippen molar-refractivity contribution in [2.45, 2.75) is 34.6 Å². The molecule has 0 aromatic carbocycles. The molecular formula is C16H34NO5+. The summed E-state index contributed by atoms with van der Waals surface area (Å²) in [5.74, 6) is -0.686. The van der Waals surface area contributed by atoms with Gasteiger partial charge >= 0.3 is 11.9 Å². The van der Waals surface area contributed by atoms with Crippen molar-refractivity contribution >= 4 is 18.7 Å². The fraction of sp³-hybridized carbons (Fsp3) is 0.688. The van der Waals surface area contributed by atoms with Gasteiger partial charge < -0.3 is 18.8 Å². The molecule has 0 saturated heterocycles. The zero-order chi connectivity index (χ0) is 18.8. The number of methoxy groups -OCH3 is 1. The van der Waals surface area contributed by atoms with Crippen LogP contribution in [-0.2, 0) is 23.9 Å². The number of quaternary nitrogens is 1. The molecule has 0 aliphatic rings. The van der Waals surface area contributed by atoms with Gasteiger partial charge in [-0.25, -0.2) is 9.59 Å². The quantitative estimate of drug-likeness (QED) is 0.426. The third-order valence-corrected chi connectivity index (χ3v) is 2.06. The van der Waals surface area contributed by atoms with Gasteiger partial charge in [0.25, 0.3) is 0 Å². The van der Waals surface area contributed by atoms with E-state index in [2.05, 4.69) is 11.3 Å². The van der Waals surface area contributed by atoms with Gasteiger partial charge in [0, 0.05) is 5.57 Å². The highest BCUT2D eigenvalue weighted by Gasteiger charge is 2.20. The molecule has 0 aromatic rings. The Labute approximate surface area is 135 Å². The van der Waals surface area contributed by atoms with Crippen molar-refractivity contribution in [1.82, 2.24) is 0 Å². The number of likely N-dealkylation sites (N-methyl/N-ethyl adjacent to an activating group) is 1. The SMILES string of the molecule is C=C(C)C(=O)OCC[N+](C)(C)CC(=O)OC.C=O.CC.CC. The van der Waals surface area contributed by atoms with Crippen molar-refractivity contribution in [2.75, 3.05) is 40.9 Å². The molecule has 0 spiro atoms. The first-order valence-electron chi connectivity index (χ1n) is 7.29. The van der Waals surface area contributed by atoms with Crippen molar-refractivity contribution in [3.63, 3.8) is 0 Å². The van der Waals surface area contributed by atoms with E-state index < -0.39 is 5.97 Å². The number of esters is 2. The van der Waals surface area contributed by atoms with E-state index in [4.69, 9.17) is 9.53 Å². The first kappa shape index (κ1) is 28.5. The molecule has 6 nitrogen and oxygen atoms in total. The van der Waals surface area contributed by atoms with Crippen LogP contribution in [0.15, 0.2) is 12.2 Å². The third-order valence-electron chi connectivity index (χ3n) is 2.06. The van der Waals surface area contributed by atoms with Gasteiger partial charge in [0.2, 0.25) is 0 Å². The first-order chi connectivity index (χ1) is 10.3. The Morgan fingerprint density at radius 2 is 1.45 bits per heavy atom. The minimum absolute atomic E-state index is 0.251. The van der Waals surface area contributed by atoms with Crippen LogP contribution in [0.25, 0.3) is 0 Å². The summed E-state index contributed by atoms with van der Waals surface area (Å²) in [6.07, 6.45) is 0. The lowest BCUT2D eigenvalue weighted by molar-refractivity contribution is -0.883. The molecule has 0 rings (SSSR count). The minimum atomic E-state index is -0.405. The van der Waals surface area contributed by atoms with E-state index in [1.54, 1.807) is 6.92 Å². The fourth-order valence-electron chi connectivity index (χ4n) is 1.00. The van der Waals surface area contributed by atoms with Crippen molar-refractivity contribution in [3.05, 3.63) is 12.2 Å². The van der Waals surface area contributed by atoms with Gasteiger partial charge in [-0.05, 0) is 6.92 Å². The molecule has 0 aliphatic heterocycles. The number of rotatable bonds is 6. The van der Waals surface area contributed by atoms with E-state index in [0.717, 1.165) is 0 Å². The lowest BCUT2D eigenvalue weighted by Gasteiger charge is -2.27. The molecule has 0 aliphatic carbocycles. The predicted molar refractivity (Wildman–Crippen MR) is 89.4 cm³/mol. The Kier molecular flexibility index (Phi) is 25.0. The van der Waals surface area contributed by atoms with Crippen molar-refractivity contribution < 1.29 is 28.3 Å². The zero-order valence-electron chi connectivity index (χ0n) is 15.5. The number of carbonyl (C=O) groups excluding carboxylic acids is 3. The number of carbonyl (C=O) groups is 3. The van der Waals surface area contributed by atoms with Crippen LogP contribution in [0.5, 0.6) is 0 Å². The van der Waals surface area contributed by atoms with Crippen LogP contribution in [0.4, 0.5) is 0 Å². The summed E-state index contributed by atoms with van der Waals surface area (Å²) in [7, 11) is 5.08. The summed E-state index contributed by atoms with van der Waals surface area (Å²) in [4.78, 5) is 30.2. The molecule has 22 heavy (non-hydrogen) atoms. The molecule has 0 saturated carbocycles. The summed E-state index contributed by atoms with van der Waals surface area (Å²) in [6, 6.07) is 0. The number of ether oxygens (including phenoxy) is 2. The average Bonchev–Trinajstić information content (AvgIpc) is 2.52. The molecular weight excluding hydrogens is 286 g/mol. The smallest absolute Gasteiger partial charge is 0.361 e. The maximum Gasteiger partial charge on any atom is 0.361 e. The van der Waals surface area contributed by atoms with Crippen molar-refractivity contribution in [2.24, 2.45) is 0 Å². The van der Waals surface area contributed by atoms with E-state index in [9.17, 15) is 9.59 Å². The Hall–Kier alpha value is -1.69. The molecule has 0 fully saturated rings. The fourth-order valence-corrected chi connectivity index (χ4v) is 1.00.